The van der Waals surface area contributed by atoms with E-state index in [0.29, 0.717) is 6.29 Å². The average molecular weight is 328 g/mol. The Hall–Kier alpha value is -0.232. The molecule has 0 bridgehead atoms. The van der Waals surface area contributed by atoms with E-state index in [1.165, 1.54) is 0 Å². The van der Waals surface area contributed by atoms with Crippen molar-refractivity contribution in [3.8, 4) is 0 Å². The standard InChI is InChI=1S/C5H2B2NO.C2H6.W/c6-5(7)4(8)2-1-3-9;1-2;/h2-3H;1-2H3;/q-2;;+2. The molecule has 3 radical (unpaired) electrons. The summed E-state index contributed by atoms with van der Waals surface area (Å²) < 4.78 is 0. The summed E-state index contributed by atoms with van der Waals surface area (Å²) in [5.74, 6) is 0. The molecular formula is C7H8B2NOW. The second-order valence-electron chi connectivity index (χ2n) is 1.27. The summed E-state index contributed by atoms with van der Waals surface area (Å²) in [7, 11) is 9.79. The van der Waals surface area contributed by atoms with Crippen molar-refractivity contribution in [2.75, 3.05) is 0 Å². The summed E-state index contributed by atoms with van der Waals surface area (Å²) >= 11 is 0. The van der Waals surface area contributed by atoms with E-state index in [-0.39, 0.29) is 32.1 Å². The largest absolute Gasteiger partial charge is 2.00 e. The van der Waals surface area contributed by atoms with Gasteiger partial charge in [-0.25, -0.2) is 0 Å². The number of hydrogen-bond acceptors (Lipinski definition) is 1. The Balaban J connectivity index is -0.000000249. The molecule has 0 heterocycles. The minimum Gasteiger partial charge on any atom is 2.00 e. The van der Waals surface area contributed by atoms with E-state index in [0.717, 1.165) is 6.08 Å². The Labute approximate surface area is 90.1 Å². The van der Waals surface area contributed by atoms with Crippen LogP contribution in [0.15, 0.2) is 6.08 Å². The van der Waals surface area contributed by atoms with Gasteiger partial charge in [0, 0.05) is 0 Å². The van der Waals surface area contributed by atoms with Crippen LogP contribution in [-0.2, 0) is 25.9 Å². The maximum Gasteiger partial charge on any atom is 2.00 e. The molecule has 0 unspecified atom stereocenters. The molecule has 0 saturated heterocycles. The van der Waals surface area contributed by atoms with Gasteiger partial charge in [0.05, 0.1) is 0 Å². The Morgan fingerprint density at radius 3 is 2.17 bits per heavy atom. The van der Waals surface area contributed by atoms with Crippen molar-refractivity contribution < 1.29 is 25.9 Å². The van der Waals surface area contributed by atoms with Crippen LogP contribution >= 0.6 is 0 Å². The molecule has 0 aliphatic heterocycles. The van der Waals surface area contributed by atoms with Gasteiger partial charge in [0.2, 0.25) is 0 Å². The third-order valence-electron chi connectivity index (χ3n) is 0.584. The van der Waals surface area contributed by atoms with Gasteiger partial charge < -0.3 is 0 Å². The first-order chi connectivity index (χ1) is 5.18. The minimum atomic E-state index is -0.345. The van der Waals surface area contributed by atoms with Crippen molar-refractivity contribution in [3.05, 3.63) is 17.6 Å². The van der Waals surface area contributed by atoms with Gasteiger partial charge >= 0.3 is 76.1 Å². The SMILES string of the molecule is CC.[B]C(=[B])C(=[N-])C=[C-]C=O.[W+2]. The normalized spacial score (nSPS) is 7.42. The zero-order chi connectivity index (χ0) is 9.28. The monoisotopic (exact) mass is 328 g/mol. The number of rotatable bonds is 3. The Bertz CT molecular complexity index is 180. The molecule has 59 valence electrons. The van der Waals surface area contributed by atoms with Gasteiger partial charge in [-0.2, -0.15) is 0 Å². The van der Waals surface area contributed by atoms with Crippen LogP contribution in [0.2, 0.25) is 0 Å². The molecule has 12 heavy (non-hydrogen) atoms. The van der Waals surface area contributed by atoms with Gasteiger partial charge in [-0.3, -0.25) is 0 Å². The molecule has 0 aromatic heterocycles. The molecule has 2 nitrogen and oxygen atoms in total. The smallest absolute Gasteiger partial charge is 2.00 e. The van der Waals surface area contributed by atoms with Gasteiger partial charge in [0.1, 0.15) is 0 Å². The van der Waals surface area contributed by atoms with E-state index in [1.807, 2.05) is 13.8 Å². The van der Waals surface area contributed by atoms with Crippen LogP contribution in [0.25, 0.3) is 5.41 Å². The zero-order valence-corrected chi connectivity index (χ0v) is 10.0. The Morgan fingerprint density at radius 1 is 1.50 bits per heavy atom. The number of hydrogen-bond donors (Lipinski definition) is 0. The van der Waals surface area contributed by atoms with Crippen LogP contribution in [0.3, 0.4) is 0 Å². The van der Waals surface area contributed by atoms with Crippen LogP contribution in [-0.4, -0.2) is 32.7 Å². The molecular weight excluding hydrogens is 320 g/mol. The maximum absolute atomic E-state index is 9.57. The van der Waals surface area contributed by atoms with E-state index >= 15 is 0 Å². The van der Waals surface area contributed by atoms with Gasteiger partial charge in [-0.1, -0.05) is 13.8 Å². The molecule has 0 fully saturated rings. The van der Waals surface area contributed by atoms with Crippen LogP contribution in [0.1, 0.15) is 13.8 Å². The second kappa shape index (κ2) is 13.4. The Morgan fingerprint density at radius 2 is 1.92 bits per heavy atom. The fraction of sp³-hybridized carbons (Fsp3) is 0.286. The first-order valence-corrected chi connectivity index (χ1v) is 3.15. The van der Waals surface area contributed by atoms with Crippen molar-refractivity contribution in [1.82, 2.24) is 0 Å². The van der Waals surface area contributed by atoms with E-state index in [4.69, 9.17) is 20.7 Å². The summed E-state index contributed by atoms with van der Waals surface area (Å²) in [6.45, 7) is 4.00. The summed E-state index contributed by atoms with van der Waals surface area (Å²) in [6.07, 6.45) is 3.43. The third kappa shape index (κ3) is 12.4. The summed E-state index contributed by atoms with van der Waals surface area (Å²) in [5, 5.41) is 8.38. The van der Waals surface area contributed by atoms with Crippen molar-refractivity contribution >= 4 is 32.7 Å². The predicted octanol–water partition coefficient (Wildman–Crippen LogP) is 0.0457. The minimum absolute atomic E-state index is 0. The number of allylic oxidation sites excluding steroid dienone is 2. The van der Waals surface area contributed by atoms with Crippen molar-refractivity contribution in [2.45, 2.75) is 13.8 Å². The molecule has 0 atom stereocenters. The molecule has 0 N–H and O–H groups in total. The number of carbonyl (C=O) groups excluding carboxylic acids is 1. The molecule has 0 saturated carbocycles. The van der Waals surface area contributed by atoms with Crippen molar-refractivity contribution in [1.29, 1.82) is 0 Å². The third-order valence-corrected chi connectivity index (χ3v) is 0.584. The van der Waals surface area contributed by atoms with Gasteiger partial charge in [-0.05, 0) is 0 Å². The molecule has 5 heteroatoms. The number of nitrogens with zero attached hydrogens (tertiary/aromatic N) is 1. The first kappa shape index (κ1) is 17.7. The second-order valence-corrected chi connectivity index (χ2v) is 1.27. The summed E-state index contributed by atoms with van der Waals surface area (Å²) in [6, 6.07) is 0. The van der Waals surface area contributed by atoms with Gasteiger partial charge in [0.25, 0.3) is 0 Å². The van der Waals surface area contributed by atoms with E-state index in [1.54, 1.807) is 0 Å². The van der Waals surface area contributed by atoms with Crippen LogP contribution in [0, 0.1) is 6.08 Å². The average Bonchev–Trinajstić information content (AvgIpc) is 2.03. The van der Waals surface area contributed by atoms with Crippen LogP contribution < -0.4 is 0 Å². The molecule has 0 aromatic carbocycles. The Kier molecular flexibility index (Phi) is 19.8. The molecule has 0 spiro atoms. The first-order valence-electron chi connectivity index (χ1n) is 3.15. The molecule has 0 rings (SSSR count). The van der Waals surface area contributed by atoms with Crippen molar-refractivity contribution in [2.24, 2.45) is 0 Å². The van der Waals surface area contributed by atoms with E-state index in [9.17, 15) is 4.79 Å². The number of carbonyl (C=O) groups is 1. The van der Waals surface area contributed by atoms with Crippen LogP contribution in [0.5, 0.6) is 0 Å². The zero-order valence-electron chi connectivity index (χ0n) is 7.07. The fourth-order valence-corrected chi connectivity index (χ4v) is 0.196. The molecule has 0 aliphatic rings. The maximum atomic E-state index is 9.57. The molecule has 0 amide bonds. The topological polar surface area (TPSA) is 39.4 Å². The van der Waals surface area contributed by atoms with Gasteiger partial charge in [-0.15, -0.1) is 0 Å². The summed E-state index contributed by atoms with van der Waals surface area (Å²) in [5.41, 5.74) is -0.345. The van der Waals surface area contributed by atoms with E-state index < -0.39 is 0 Å². The fourth-order valence-electron chi connectivity index (χ4n) is 0.196. The predicted molar refractivity (Wildman–Crippen MR) is 50.1 cm³/mol. The summed E-state index contributed by atoms with van der Waals surface area (Å²) in [4.78, 5) is 9.57. The van der Waals surface area contributed by atoms with Gasteiger partial charge in [0.15, 0.2) is 0 Å². The quantitative estimate of drug-likeness (QED) is 0.237. The molecule has 0 aromatic rings. The molecule has 0 aliphatic carbocycles. The van der Waals surface area contributed by atoms with E-state index in [2.05, 4.69) is 6.08 Å². The van der Waals surface area contributed by atoms with Crippen LogP contribution in [0.4, 0.5) is 0 Å². The number of aldehydes is 1. The van der Waals surface area contributed by atoms with Crippen molar-refractivity contribution in [3.63, 3.8) is 0 Å².